The van der Waals surface area contributed by atoms with E-state index in [4.69, 9.17) is 19.3 Å². The minimum absolute atomic E-state index is 0.0721. The predicted molar refractivity (Wildman–Crippen MR) is 140 cm³/mol. The summed E-state index contributed by atoms with van der Waals surface area (Å²) >= 11 is 0. The number of benzene rings is 3. The molecule has 0 atom stereocenters. The Morgan fingerprint density at radius 1 is 0.795 bits per heavy atom. The third-order valence-corrected chi connectivity index (χ3v) is 6.25. The minimum atomic E-state index is -1.16. The van der Waals surface area contributed by atoms with Crippen molar-refractivity contribution >= 4 is 30.4 Å². The summed E-state index contributed by atoms with van der Waals surface area (Å²) in [4.78, 5) is 57.4. The number of esters is 1. The van der Waals surface area contributed by atoms with Gasteiger partial charge in [-0.2, -0.15) is 0 Å². The van der Waals surface area contributed by atoms with Crippen molar-refractivity contribution in [3.8, 4) is 11.5 Å². The number of hydrogen-bond donors (Lipinski definition) is 2. The Kier molecular flexibility index (Phi) is 9.16. The second-order valence-electron chi connectivity index (χ2n) is 8.60. The summed E-state index contributed by atoms with van der Waals surface area (Å²) in [6.45, 7) is 0. The van der Waals surface area contributed by atoms with Crippen LogP contribution in [0.3, 0.4) is 0 Å². The van der Waals surface area contributed by atoms with Crippen LogP contribution in [0.1, 0.15) is 52.6 Å². The highest BCUT2D eigenvalue weighted by Gasteiger charge is 2.46. The molecule has 0 heterocycles. The van der Waals surface area contributed by atoms with Crippen LogP contribution in [0.25, 0.3) is 0 Å². The molecule has 0 aromatic heterocycles. The summed E-state index contributed by atoms with van der Waals surface area (Å²) in [6.07, 6.45) is 1.90. The van der Waals surface area contributed by atoms with Gasteiger partial charge in [0.1, 0.15) is 17.0 Å². The van der Waals surface area contributed by atoms with E-state index in [9.17, 15) is 24.0 Å². The number of aldehydes is 2. The van der Waals surface area contributed by atoms with Crippen LogP contribution < -0.4 is 14.8 Å². The molecule has 10 heteroatoms. The molecule has 39 heavy (non-hydrogen) atoms. The quantitative estimate of drug-likeness (QED) is 0.329. The van der Waals surface area contributed by atoms with E-state index in [0.717, 1.165) is 11.1 Å². The maximum atomic E-state index is 12.8. The lowest BCUT2D eigenvalue weighted by molar-refractivity contribution is -0.147. The number of hydrogen-bond acceptors (Lipinski definition) is 8. The molecule has 3 aromatic rings. The fraction of sp³-hybridized carbons (Fsp3) is 0.207. The molecule has 2 N–H and O–H groups in total. The molecule has 0 spiro atoms. The van der Waals surface area contributed by atoms with Gasteiger partial charge in [-0.25, -0.2) is 9.59 Å². The van der Waals surface area contributed by atoms with Gasteiger partial charge >= 0.3 is 11.9 Å². The summed E-state index contributed by atoms with van der Waals surface area (Å²) in [7, 11) is 4.17. The fourth-order valence-corrected chi connectivity index (χ4v) is 4.31. The number of rotatable bonds is 8. The molecule has 0 saturated heterocycles. The van der Waals surface area contributed by atoms with Gasteiger partial charge in [0.05, 0.1) is 38.0 Å². The smallest absolute Gasteiger partial charge is 0.335 e. The number of carbonyl (C=O) groups is 5. The van der Waals surface area contributed by atoms with Gasteiger partial charge < -0.3 is 24.6 Å². The van der Waals surface area contributed by atoms with Crippen LogP contribution in [0.2, 0.25) is 0 Å². The van der Waals surface area contributed by atoms with Crippen LogP contribution in [-0.2, 0) is 22.4 Å². The number of methoxy groups -OCH3 is 3. The van der Waals surface area contributed by atoms with Crippen LogP contribution in [0.4, 0.5) is 0 Å². The third kappa shape index (κ3) is 6.30. The molecule has 0 aliphatic heterocycles. The van der Waals surface area contributed by atoms with Crippen molar-refractivity contribution in [2.45, 2.75) is 18.4 Å². The largest absolute Gasteiger partial charge is 0.496 e. The highest BCUT2D eigenvalue weighted by Crippen LogP contribution is 2.31. The van der Waals surface area contributed by atoms with Crippen molar-refractivity contribution in [3.63, 3.8) is 0 Å². The molecule has 0 saturated carbocycles. The Balaban J connectivity index is 0.000000272. The monoisotopic (exact) mass is 533 g/mol. The van der Waals surface area contributed by atoms with Crippen molar-refractivity contribution in [1.29, 1.82) is 0 Å². The van der Waals surface area contributed by atoms with Crippen molar-refractivity contribution in [2.24, 2.45) is 0 Å². The number of amides is 1. The van der Waals surface area contributed by atoms with Gasteiger partial charge in [0, 0.05) is 18.4 Å². The fourth-order valence-electron chi connectivity index (χ4n) is 4.31. The second-order valence-corrected chi connectivity index (χ2v) is 8.60. The first kappa shape index (κ1) is 28.6. The van der Waals surface area contributed by atoms with E-state index in [-0.39, 0.29) is 22.3 Å². The number of carboxylic acid groups (broad SMARTS) is 1. The maximum absolute atomic E-state index is 12.8. The van der Waals surface area contributed by atoms with E-state index in [2.05, 4.69) is 5.32 Å². The van der Waals surface area contributed by atoms with Gasteiger partial charge in [0.25, 0.3) is 5.91 Å². The molecule has 10 nitrogen and oxygen atoms in total. The summed E-state index contributed by atoms with van der Waals surface area (Å²) in [5, 5.41) is 11.4. The van der Waals surface area contributed by atoms with Crippen LogP contribution in [0.15, 0.2) is 60.7 Å². The van der Waals surface area contributed by atoms with E-state index in [1.807, 2.05) is 24.3 Å². The zero-order valence-electron chi connectivity index (χ0n) is 21.6. The molecule has 1 aliphatic carbocycles. The van der Waals surface area contributed by atoms with Gasteiger partial charge in [-0.05, 0) is 47.5 Å². The van der Waals surface area contributed by atoms with Gasteiger partial charge in [-0.15, -0.1) is 0 Å². The number of aromatic carboxylic acids is 1. The van der Waals surface area contributed by atoms with Crippen molar-refractivity contribution in [2.75, 3.05) is 21.3 Å². The van der Waals surface area contributed by atoms with Crippen LogP contribution in [-0.4, -0.2) is 62.4 Å². The highest BCUT2D eigenvalue weighted by atomic mass is 16.5. The molecular weight excluding hydrogens is 506 g/mol. The number of carboxylic acids is 1. The molecular formula is C29H27NO9. The first-order valence-electron chi connectivity index (χ1n) is 11.7. The van der Waals surface area contributed by atoms with Gasteiger partial charge in [0.2, 0.25) is 0 Å². The van der Waals surface area contributed by atoms with Crippen molar-refractivity contribution in [3.05, 3.63) is 94.0 Å². The van der Waals surface area contributed by atoms with E-state index in [0.29, 0.717) is 36.9 Å². The lowest BCUT2D eigenvalue weighted by Crippen LogP contribution is -2.56. The first-order valence-corrected chi connectivity index (χ1v) is 11.7. The molecule has 202 valence electrons. The summed E-state index contributed by atoms with van der Waals surface area (Å²) in [5.41, 5.74) is 1.69. The molecule has 1 aliphatic rings. The number of carbonyl (C=O) groups excluding carboxylic acids is 4. The average Bonchev–Trinajstić information content (AvgIpc) is 3.35. The normalized spacial score (nSPS) is 12.6. The lowest BCUT2D eigenvalue weighted by Gasteiger charge is -2.27. The van der Waals surface area contributed by atoms with Gasteiger partial charge in [0.15, 0.2) is 12.6 Å². The Hall–Kier alpha value is -4.99. The Morgan fingerprint density at radius 2 is 1.28 bits per heavy atom. The predicted octanol–water partition coefficient (Wildman–Crippen LogP) is 3.15. The molecule has 0 radical (unpaired) electrons. The highest BCUT2D eigenvalue weighted by molar-refractivity contribution is 6.00. The first-order chi connectivity index (χ1) is 18.7. The molecule has 0 unspecified atom stereocenters. The number of fused-ring (bicyclic) bond motifs is 1. The van der Waals surface area contributed by atoms with Crippen LogP contribution >= 0.6 is 0 Å². The molecule has 0 fully saturated rings. The third-order valence-electron chi connectivity index (χ3n) is 6.25. The zero-order chi connectivity index (χ0) is 28.6. The SMILES string of the molecule is COC(=O)C1(NC(=O)c2ccc(OC)c(C=O)c2)Cc2ccccc2C1.COc1ccc(C(=O)O)cc1C=O. The maximum Gasteiger partial charge on any atom is 0.335 e. The van der Waals surface area contributed by atoms with Crippen LogP contribution in [0, 0.1) is 0 Å². The molecule has 3 aromatic carbocycles. The Bertz CT molecular complexity index is 1390. The molecule has 4 rings (SSSR count). The minimum Gasteiger partial charge on any atom is -0.496 e. The standard InChI is InChI=1S/C20H19NO5.C9H8O4/c1-25-17-8-7-13(9-16(17)12-22)18(23)21-20(19(24)26-2)10-14-5-3-4-6-15(14)11-20;1-13-8-3-2-6(9(11)12)4-7(8)5-10/h3-9,12H,10-11H2,1-2H3,(H,21,23);2-5H,1H3,(H,11,12). The average molecular weight is 534 g/mol. The van der Waals surface area contributed by atoms with Crippen molar-refractivity contribution < 1.29 is 43.3 Å². The van der Waals surface area contributed by atoms with E-state index < -0.39 is 23.4 Å². The van der Waals surface area contributed by atoms with Gasteiger partial charge in [-0.3, -0.25) is 14.4 Å². The summed E-state index contributed by atoms with van der Waals surface area (Å²) < 4.78 is 14.9. The number of nitrogens with one attached hydrogen (secondary N) is 1. The van der Waals surface area contributed by atoms with E-state index >= 15 is 0 Å². The van der Waals surface area contributed by atoms with Gasteiger partial charge in [-0.1, -0.05) is 24.3 Å². The topological polar surface area (TPSA) is 145 Å². The Morgan fingerprint density at radius 3 is 1.72 bits per heavy atom. The van der Waals surface area contributed by atoms with E-state index in [1.54, 1.807) is 12.1 Å². The molecule has 0 bridgehead atoms. The van der Waals surface area contributed by atoms with Crippen molar-refractivity contribution in [1.82, 2.24) is 5.32 Å². The summed E-state index contributed by atoms with van der Waals surface area (Å²) in [5.74, 6) is -1.25. The lowest BCUT2D eigenvalue weighted by atomic mass is 9.94. The Labute approximate surface area is 224 Å². The van der Waals surface area contributed by atoms with Crippen LogP contribution in [0.5, 0.6) is 11.5 Å². The molecule has 1 amide bonds. The van der Waals surface area contributed by atoms with E-state index in [1.165, 1.54) is 45.6 Å². The summed E-state index contributed by atoms with van der Waals surface area (Å²) in [6, 6.07) is 16.3. The number of ether oxygens (including phenoxy) is 3. The zero-order valence-corrected chi connectivity index (χ0v) is 21.6. The second kappa shape index (κ2) is 12.5.